The van der Waals surface area contributed by atoms with Gasteiger partial charge in [-0.3, -0.25) is 19.2 Å². The highest BCUT2D eigenvalue weighted by molar-refractivity contribution is 8.77. The van der Waals surface area contributed by atoms with Crippen molar-refractivity contribution in [3.63, 3.8) is 0 Å². The Hall–Kier alpha value is -0.0200. The van der Waals surface area contributed by atoms with E-state index >= 15 is 0 Å². The first-order valence-corrected chi connectivity index (χ1v) is 19.5. The molecule has 0 aliphatic heterocycles. The number of rotatable bonds is 15. The SMILES string of the molecule is C.CCC(=O)OCC(C)(C)SC.CSC(C)(C)COC(C)=O.[2H]CSSC(C)(C)COC(C)=O.[2H]SSC(C)(C)COC(C)=O. The van der Waals surface area contributed by atoms with Crippen molar-refractivity contribution < 1.29 is 39.5 Å². The highest BCUT2D eigenvalue weighted by Gasteiger charge is 2.20. The molecule has 0 aromatic rings. The third kappa shape index (κ3) is 44.2. The zero-order valence-corrected chi connectivity index (χ0v) is 32.9. The second kappa shape index (κ2) is 28.2. The van der Waals surface area contributed by atoms with Crippen molar-refractivity contribution in [1.82, 2.24) is 0 Å². The quantitative estimate of drug-likeness (QED) is 0.0753. The van der Waals surface area contributed by atoms with Gasteiger partial charge in [0.15, 0.2) is 0 Å². The molecule has 0 aromatic heterocycles. The van der Waals surface area contributed by atoms with Crippen molar-refractivity contribution in [2.24, 2.45) is 0 Å². The molecular weight excluding hydrogens is 669 g/mol. The maximum Gasteiger partial charge on any atom is 0.305 e. The first-order chi connectivity index (χ1) is 19.9. The van der Waals surface area contributed by atoms with Crippen molar-refractivity contribution in [3.05, 3.63) is 0 Å². The minimum absolute atomic E-state index is 0. The number of esters is 4. The lowest BCUT2D eigenvalue weighted by atomic mass is 10.2. The average Bonchev–Trinajstić information content (AvgIpc) is 2.93. The van der Waals surface area contributed by atoms with Crippen LogP contribution in [0.25, 0.3) is 0 Å². The summed E-state index contributed by atoms with van der Waals surface area (Å²) in [4.78, 5) is 42.0. The maximum atomic E-state index is 10.7. The van der Waals surface area contributed by atoms with Gasteiger partial charge in [0.2, 0.25) is 0 Å². The minimum Gasteiger partial charge on any atom is -0.464 e. The molecule has 0 saturated carbocycles. The molecule has 0 aromatic carbocycles. The van der Waals surface area contributed by atoms with Crippen molar-refractivity contribution >= 4 is 91.3 Å². The predicted molar refractivity (Wildman–Crippen MR) is 199 cm³/mol. The summed E-state index contributed by atoms with van der Waals surface area (Å²) in [5, 5.41) is 0. The molecule has 0 fully saturated rings. The van der Waals surface area contributed by atoms with Crippen LogP contribution in [0.15, 0.2) is 0 Å². The number of carbonyl (C=O) groups excluding carboxylic acids is 4. The van der Waals surface area contributed by atoms with Gasteiger partial charge in [-0.2, -0.15) is 23.5 Å². The molecule has 43 heavy (non-hydrogen) atoms. The molecule has 0 heterocycles. The Bertz CT molecular complexity index is 801. The molecule has 0 unspecified atom stereocenters. The number of thioether (sulfide) groups is 2. The van der Waals surface area contributed by atoms with Crippen LogP contribution in [0.2, 0.25) is 0 Å². The summed E-state index contributed by atoms with van der Waals surface area (Å²) in [6.07, 6.45) is 4.81. The van der Waals surface area contributed by atoms with Gasteiger partial charge in [-0.05, 0) is 74.1 Å². The number of thiol groups is 1. The first-order valence-electron chi connectivity index (χ1n) is 14.1. The van der Waals surface area contributed by atoms with E-state index in [1.54, 1.807) is 41.2 Å². The Labute approximate surface area is 291 Å². The molecule has 0 bridgehead atoms. The van der Waals surface area contributed by atoms with Crippen molar-refractivity contribution in [1.29, 1.82) is 1.12 Å². The Morgan fingerprint density at radius 3 is 1.33 bits per heavy atom. The Balaban J connectivity index is -0.000000157. The molecule has 14 heteroatoms. The molecule has 0 saturated heterocycles. The second-order valence-corrected chi connectivity index (χ2v) is 18.6. The van der Waals surface area contributed by atoms with Gasteiger partial charge < -0.3 is 18.9 Å². The molecule has 0 spiro atoms. The zero-order valence-electron chi connectivity index (χ0n) is 30.0. The maximum absolute atomic E-state index is 10.7. The normalized spacial score (nSPS) is 11.6. The van der Waals surface area contributed by atoms with Gasteiger partial charge in [-0.1, -0.05) is 46.7 Å². The molecule has 0 amide bonds. The third-order valence-corrected chi connectivity index (χ3v) is 11.1. The summed E-state index contributed by atoms with van der Waals surface area (Å²) in [6, 6.07) is 0. The van der Waals surface area contributed by atoms with Gasteiger partial charge in [0.1, 0.15) is 27.6 Å². The van der Waals surface area contributed by atoms with Gasteiger partial charge in [0, 0.05) is 38.1 Å². The van der Waals surface area contributed by atoms with E-state index in [1.807, 2.05) is 54.1 Å². The molecule has 0 aliphatic carbocycles. The van der Waals surface area contributed by atoms with E-state index in [0.29, 0.717) is 39.1 Å². The van der Waals surface area contributed by atoms with Crippen LogP contribution < -0.4 is 0 Å². The fraction of sp³-hybridized carbons (Fsp3) is 0.862. The molecule has 0 rings (SSSR count). The predicted octanol–water partition coefficient (Wildman–Crippen LogP) is 8.65. The first kappa shape index (κ1) is 47.4. The van der Waals surface area contributed by atoms with E-state index < -0.39 is 0 Å². The van der Waals surface area contributed by atoms with Gasteiger partial charge >= 0.3 is 23.9 Å². The van der Waals surface area contributed by atoms with Crippen LogP contribution in [-0.4, -0.2) is 89.2 Å². The lowest BCUT2D eigenvalue weighted by Crippen LogP contribution is -2.24. The van der Waals surface area contributed by atoms with Crippen LogP contribution >= 0.6 is 67.5 Å². The third-order valence-electron chi connectivity index (χ3n) is 4.35. The lowest BCUT2D eigenvalue weighted by molar-refractivity contribution is -0.144. The molecule has 0 atom stereocenters. The van der Waals surface area contributed by atoms with Gasteiger partial charge in [-0.15, -0.1) is 11.6 Å². The fourth-order valence-electron chi connectivity index (χ4n) is 1.51. The highest BCUT2D eigenvalue weighted by atomic mass is 33.1. The van der Waals surface area contributed by atoms with E-state index in [1.165, 1.54) is 42.4 Å². The Morgan fingerprint density at radius 2 is 1.02 bits per heavy atom. The van der Waals surface area contributed by atoms with Gasteiger partial charge in [0.25, 0.3) is 0 Å². The Morgan fingerprint density at radius 1 is 0.674 bits per heavy atom. The summed E-state index contributed by atoms with van der Waals surface area (Å²) in [7, 11) is 4.41. The van der Waals surface area contributed by atoms with Crippen LogP contribution in [0.4, 0.5) is 0 Å². The molecule has 8 nitrogen and oxygen atoms in total. The van der Waals surface area contributed by atoms with Crippen LogP contribution in [0.3, 0.4) is 0 Å². The molecule has 0 radical (unpaired) electrons. The second-order valence-electron chi connectivity index (χ2n) is 11.1. The summed E-state index contributed by atoms with van der Waals surface area (Å²) >= 11 is 4.33. The van der Waals surface area contributed by atoms with Crippen molar-refractivity contribution in [2.45, 2.75) is 116 Å². The minimum atomic E-state index is -0.270. The van der Waals surface area contributed by atoms with Crippen molar-refractivity contribution in [2.75, 3.05) is 45.2 Å². The van der Waals surface area contributed by atoms with E-state index in [-0.39, 0.29) is 50.3 Å². The zero-order chi connectivity index (χ0) is 35.6. The van der Waals surface area contributed by atoms with E-state index in [4.69, 9.17) is 21.4 Å². The number of ether oxygens (including phenoxy) is 4. The summed E-state index contributed by atoms with van der Waals surface area (Å²) < 4.78 is 33.1. The van der Waals surface area contributed by atoms with Gasteiger partial charge in [0.05, 0.1) is 9.49 Å². The van der Waals surface area contributed by atoms with Crippen LogP contribution in [0, 0.1) is 0 Å². The monoisotopic (exact) mass is 730 g/mol. The van der Waals surface area contributed by atoms with Crippen LogP contribution in [0.5, 0.6) is 0 Å². The largest absolute Gasteiger partial charge is 0.464 e. The van der Waals surface area contributed by atoms with Gasteiger partial charge in [-0.25, -0.2) is 0 Å². The summed E-state index contributed by atoms with van der Waals surface area (Å²) in [5.74, 6) is -0.845. The van der Waals surface area contributed by atoms with Crippen molar-refractivity contribution in [3.8, 4) is 0 Å². The average molecular weight is 731 g/mol. The van der Waals surface area contributed by atoms with Crippen LogP contribution in [0.1, 0.15) is 98.3 Å². The van der Waals surface area contributed by atoms with Crippen LogP contribution in [-0.2, 0) is 38.1 Å². The van der Waals surface area contributed by atoms with E-state index in [2.05, 4.69) is 13.8 Å². The summed E-state index contributed by atoms with van der Waals surface area (Å²) in [5.41, 5.74) is 0. The molecule has 0 N–H and O–H groups in total. The lowest BCUT2D eigenvalue weighted by Gasteiger charge is -2.21. The molecule has 260 valence electrons. The smallest absolute Gasteiger partial charge is 0.305 e. The molecule has 0 aliphatic rings. The molecular formula is C29H60O8S6. The summed E-state index contributed by atoms with van der Waals surface area (Å²) in [6.45, 7) is 23.8. The van der Waals surface area contributed by atoms with E-state index in [9.17, 15) is 19.2 Å². The van der Waals surface area contributed by atoms with E-state index in [0.717, 1.165) is 11.6 Å². The Kier molecular flexibility index (Phi) is 31.1. The highest BCUT2D eigenvalue weighted by Crippen LogP contribution is 2.33. The number of hydrogen-bond acceptors (Lipinski definition) is 14. The standard InChI is InChI=1S/C8H16O2S.C7H14O2S2.C7H14O2S.C6H12O2S2.CH4/c1-5-7(9)10-6-8(2,3)11-4;1-6(8)9-5-7(2,3)11-10-4;1-6(8)9-5-7(2,3)10-4;1-5(7)8-4-6(2,3)10-9;/h5-6H2,1-4H3;5H2,1-4H3;5H2,1-4H3;9H,4H2,1-3H3;1H4/i;4D;;;/hD. The fourth-order valence-corrected chi connectivity index (χ4v) is 3.64. The number of hydrogen-bond donors (Lipinski definition) is 1. The number of carbonyl (C=O) groups is 4. The topological polar surface area (TPSA) is 105 Å².